The van der Waals surface area contributed by atoms with Crippen LogP contribution in [0.2, 0.25) is 0 Å². The van der Waals surface area contributed by atoms with E-state index in [4.69, 9.17) is 47.4 Å². The standard InChI is InChI=1S/C39H44O12/c1-19-12-23-24(17-25(40)35(41)34(23)37(51-19)21-15-30(46-6)39(49-9)31(16-21)47-7)32-22-10-11-50-36(33(22)27(43-3)18-26(32)42-2)20-13-28(44-4)38(48-8)29(14-20)45-5/h13-19,36-37,40-41H,10-12H2,1-9H3. The van der Waals surface area contributed by atoms with E-state index < -0.39 is 12.2 Å². The molecular formula is C39H44O12. The molecule has 51 heavy (non-hydrogen) atoms. The predicted octanol–water partition coefficient (Wildman–Crippen LogP) is 6.55. The third kappa shape index (κ3) is 6.02. The summed E-state index contributed by atoms with van der Waals surface area (Å²) in [5.41, 5.74) is 5.76. The fourth-order valence-electron chi connectivity index (χ4n) is 7.33. The number of aromatic hydroxyl groups is 2. The van der Waals surface area contributed by atoms with E-state index in [2.05, 4.69) is 0 Å². The second kappa shape index (κ2) is 14.6. The maximum atomic E-state index is 11.5. The third-order valence-electron chi connectivity index (χ3n) is 9.54. The zero-order valence-corrected chi connectivity index (χ0v) is 30.3. The molecule has 0 fully saturated rings. The number of fused-ring (bicyclic) bond motifs is 2. The van der Waals surface area contributed by atoms with Gasteiger partial charge >= 0.3 is 0 Å². The molecular weight excluding hydrogens is 660 g/mol. The van der Waals surface area contributed by atoms with Crippen LogP contribution in [0.3, 0.4) is 0 Å². The van der Waals surface area contributed by atoms with Crippen LogP contribution in [0.1, 0.15) is 52.5 Å². The monoisotopic (exact) mass is 704 g/mol. The average Bonchev–Trinajstić information content (AvgIpc) is 3.16. The minimum absolute atomic E-state index is 0.278. The second-order valence-corrected chi connectivity index (χ2v) is 12.2. The number of rotatable bonds is 11. The van der Waals surface area contributed by atoms with Gasteiger partial charge in [-0.3, -0.25) is 0 Å². The molecule has 0 radical (unpaired) electrons. The molecule has 2 N–H and O–H groups in total. The Morgan fingerprint density at radius 3 is 1.57 bits per heavy atom. The van der Waals surface area contributed by atoms with Crippen LogP contribution in [0.4, 0.5) is 0 Å². The topological polar surface area (TPSA) is 133 Å². The molecule has 2 aliphatic heterocycles. The van der Waals surface area contributed by atoms with Crippen molar-refractivity contribution in [2.45, 2.75) is 38.1 Å². The van der Waals surface area contributed by atoms with Crippen LogP contribution < -0.4 is 37.9 Å². The van der Waals surface area contributed by atoms with E-state index >= 15 is 0 Å². The summed E-state index contributed by atoms with van der Waals surface area (Å²) >= 11 is 0. The van der Waals surface area contributed by atoms with Crippen molar-refractivity contribution in [2.24, 2.45) is 0 Å². The Kier molecular flexibility index (Phi) is 10.2. The van der Waals surface area contributed by atoms with Crippen molar-refractivity contribution < 1.29 is 57.6 Å². The highest BCUT2D eigenvalue weighted by atomic mass is 16.5. The number of benzene rings is 4. The highest BCUT2D eigenvalue weighted by Crippen LogP contribution is 2.55. The number of hydrogen-bond donors (Lipinski definition) is 2. The quantitative estimate of drug-likeness (QED) is 0.164. The van der Waals surface area contributed by atoms with Crippen LogP contribution in [0.5, 0.6) is 57.5 Å². The van der Waals surface area contributed by atoms with Crippen LogP contribution in [-0.4, -0.2) is 79.8 Å². The van der Waals surface area contributed by atoms with Gasteiger partial charge < -0.3 is 57.6 Å². The van der Waals surface area contributed by atoms with Crippen LogP contribution in [0, 0.1) is 0 Å². The van der Waals surface area contributed by atoms with Gasteiger partial charge in [-0.2, -0.15) is 0 Å². The first-order chi connectivity index (χ1) is 24.7. The fourth-order valence-corrected chi connectivity index (χ4v) is 7.33. The van der Waals surface area contributed by atoms with Gasteiger partial charge in [-0.05, 0) is 77.9 Å². The summed E-state index contributed by atoms with van der Waals surface area (Å²) in [6.45, 7) is 2.34. The molecule has 0 aromatic heterocycles. The van der Waals surface area contributed by atoms with E-state index in [1.165, 1.54) is 21.3 Å². The summed E-state index contributed by atoms with van der Waals surface area (Å²) in [4.78, 5) is 0. The number of phenolic OH excluding ortho intramolecular Hbond substituents is 2. The molecule has 0 spiro atoms. The van der Waals surface area contributed by atoms with Crippen molar-refractivity contribution in [1.82, 2.24) is 0 Å². The first-order valence-electron chi connectivity index (χ1n) is 16.4. The van der Waals surface area contributed by atoms with Crippen LogP contribution in [0.15, 0.2) is 36.4 Å². The molecule has 2 aliphatic rings. The van der Waals surface area contributed by atoms with E-state index in [9.17, 15) is 10.2 Å². The van der Waals surface area contributed by atoms with E-state index in [1.807, 2.05) is 25.1 Å². The molecule has 0 bridgehead atoms. The van der Waals surface area contributed by atoms with Gasteiger partial charge in [0.15, 0.2) is 34.5 Å². The van der Waals surface area contributed by atoms with Gasteiger partial charge in [-0.25, -0.2) is 0 Å². The van der Waals surface area contributed by atoms with Crippen molar-refractivity contribution in [3.63, 3.8) is 0 Å². The SMILES string of the molecule is COc1cc(C2OCCc3c(-c4cc(O)c(O)c5c4CC(C)OC5c4cc(OC)c(OC)c(OC)c4)c(OC)cc(OC)c32)cc(OC)c1OC. The Balaban J connectivity index is 1.62. The molecule has 0 saturated heterocycles. The molecule has 0 amide bonds. The van der Waals surface area contributed by atoms with Crippen LogP contribution in [-0.2, 0) is 22.3 Å². The smallest absolute Gasteiger partial charge is 0.203 e. The van der Waals surface area contributed by atoms with Gasteiger partial charge in [0.05, 0.1) is 69.6 Å². The minimum atomic E-state index is -0.793. The predicted molar refractivity (Wildman–Crippen MR) is 188 cm³/mol. The minimum Gasteiger partial charge on any atom is -0.504 e. The molecule has 12 nitrogen and oxygen atoms in total. The van der Waals surface area contributed by atoms with Crippen molar-refractivity contribution in [1.29, 1.82) is 0 Å². The maximum absolute atomic E-state index is 11.5. The molecule has 4 aromatic carbocycles. The molecule has 4 aromatic rings. The van der Waals surface area contributed by atoms with Crippen molar-refractivity contribution in [2.75, 3.05) is 63.5 Å². The first-order valence-corrected chi connectivity index (χ1v) is 16.4. The summed E-state index contributed by atoms with van der Waals surface area (Å²) in [6.07, 6.45) is -0.704. The summed E-state index contributed by atoms with van der Waals surface area (Å²) in [5, 5.41) is 22.9. The largest absolute Gasteiger partial charge is 0.504 e. The van der Waals surface area contributed by atoms with Gasteiger partial charge in [-0.15, -0.1) is 0 Å². The van der Waals surface area contributed by atoms with Gasteiger partial charge in [0.1, 0.15) is 23.7 Å². The lowest BCUT2D eigenvalue weighted by molar-refractivity contribution is 0.00567. The zero-order chi connectivity index (χ0) is 36.6. The lowest BCUT2D eigenvalue weighted by atomic mass is 9.80. The summed E-state index contributed by atoms with van der Waals surface area (Å²) in [6, 6.07) is 10.7. The Bertz CT molecular complexity index is 1890. The normalized spacial score (nSPS) is 17.9. The van der Waals surface area contributed by atoms with Crippen LogP contribution >= 0.6 is 0 Å². The molecule has 0 saturated carbocycles. The van der Waals surface area contributed by atoms with E-state index in [0.29, 0.717) is 82.1 Å². The van der Waals surface area contributed by atoms with E-state index in [-0.39, 0.29) is 17.6 Å². The summed E-state index contributed by atoms with van der Waals surface area (Å²) < 4.78 is 58.7. The molecule has 2 heterocycles. The van der Waals surface area contributed by atoms with Crippen molar-refractivity contribution in [3.05, 3.63) is 69.8 Å². The van der Waals surface area contributed by atoms with Crippen LogP contribution in [0.25, 0.3) is 11.1 Å². The first kappa shape index (κ1) is 35.6. The lowest BCUT2D eigenvalue weighted by Crippen LogP contribution is -2.26. The Hall–Kier alpha value is -5.20. The van der Waals surface area contributed by atoms with Gasteiger partial charge in [0.25, 0.3) is 0 Å². The highest BCUT2D eigenvalue weighted by molar-refractivity contribution is 5.84. The summed E-state index contributed by atoms with van der Waals surface area (Å²) in [7, 11) is 12.5. The van der Waals surface area contributed by atoms with E-state index in [0.717, 1.165) is 27.8 Å². The van der Waals surface area contributed by atoms with Crippen molar-refractivity contribution >= 4 is 0 Å². The molecule has 0 aliphatic carbocycles. The molecule has 3 atom stereocenters. The number of hydrogen-bond acceptors (Lipinski definition) is 12. The Morgan fingerprint density at radius 1 is 0.569 bits per heavy atom. The maximum Gasteiger partial charge on any atom is 0.203 e. The average molecular weight is 705 g/mol. The van der Waals surface area contributed by atoms with Gasteiger partial charge in [0, 0.05) is 22.8 Å². The third-order valence-corrected chi connectivity index (χ3v) is 9.54. The highest BCUT2D eigenvalue weighted by Gasteiger charge is 2.38. The molecule has 6 rings (SSSR count). The second-order valence-electron chi connectivity index (χ2n) is 12.2. The van der Waals surface area contributed by atoms with E-state index in [1.54, 1.807) is 53.7 Å². The number of phenols is 2. The molecule has 3 unspecified atom stereocenters. The van der Waals surface area contributed by atoms with Gasteiger partial charge in [0.2, 0.25) is 11.5 Å². The van der Waals surface area contributed by atoms with Crippen molar-refractivity contribution in [3.8, 4) is 68.6 Å². The Morgan fingerprint density at radius 2 is 1.08 bits per heavy atom. The number of ether oxygens (including phenoxy) is 10. The zero-order valence-electron chi connectivity index (χ0n) is 30.3. The molecule has 12 heteroatoms. The Labute approximate surface area is 297 Å². The fraction of sp³-hybridized carbons (Fsp3) is 0.385. The summed E-state index contributed by atoms with van der Waals surface area (Å²) in [5.74, 6) is 3.23. The number of methoxy groups -OCH3 is 8. The lowest BCUT2D eigenvalue weighted by Gasteiger charge is -2.35. The van der Waals surface area contributed by atoms with Gasteiger partial charge in [-0.1, -0.05) is 0 Å². The molecule has 272 valence electrons.